The number of aliphatic hydroxyl groups excluding tert-OH is 1. The van der Waals surface area contributed by atoms with Gasteiger partial charge < -0.3 is 15.2 Å². The number of β-amino-alcohol motifs (C(OH)–C–C–N with tert-alkyl or cyclic N) is 1. The maximum atomic E-state index is 11.0. The van der Waals surface area contributed by atoms with Gasteiger partial charge in [0.1, 0.15) is 0 Å². The third-order valence-electron chi connectivity index (χ3n) is 1.77. The van der Waals surface area contributed by atoms with Crippen LogP contribution in [0.5, 0.6) is 0 Å². The lowest BCUT2D eigenvalue weighted by molar-refractivity contribution is -0.151. The standard InChI is InChI=1S/C7H10N2O5/c1-14-6(12)4(10)3-9-5(11)2-8-7(9)13/h4,10H,2-3H2,1H3,(H,8,13). The van der Waals surface area contributed by atoms with Crippen molar-refractivity contribution in [2.45, 2.75) is 6.10 Å². The zero-order valence-electron chi connectivity index (χ0n) is 7.52. The van der Waals surface area contributed by atoms with Crippen molar-refractivity contribution in [3.63, 3.8) is 0 Å². The van der Waals surface area contributed by atoms with E-state index in [4.69, 9.17) is 5.11 Å². The van der Waals surface area contributed by atoms with Gasteiger partial charge in [-0.1, -0.05) is 0 Å². The first kappa shape index (κ1) is 10.5. The van der Waals surface area contributed by atoms with E-state index in [0.717, 1.165) is 12.0 Å². The molecule has 0 aliphatic carbocycles. The highest BCUT2D eigenvalue weighted by Crippen LogP contribution is 2.01. The van der Waals surface area contributed by atoms with Crippen molar-refractivity contribution in [1.82, 2.24) is 10.2 Å². The van der Waals surface area contributed by atoms with Gasteiger partial charge in [-0.3, -0.25) is 9.69 Å². The third-order valence-corrected chi connectivity index (χ3v) is 1.77. The van der Waals surface area contributed by atoms with E-state index >= 15 is 0 Å². The maximum Gasteiger partial charge on any atom is 0.336 e. The van der Waals surface area contributed by atoms with E-state index in [1.54, 1.807) is 0 Å². The number of hydrogen-bond donors (Lipinski definition) is 2. The van der Waals surface area contributed by atoms with E-state index in [2.05, 4.69) is 10.1 Å². The monoisotopic (exact) mass is 202 g/mol. The smallest absolute Gasteiger partial charge is 0.336 e. The normalized spacial score (nSPS) is 18.0. The van der Waals surface area contributed by atoms with Gasteiger partial charge in [0, 0.05) is 0 Å². The Kier molecular flexibility index (Phi) is 3.03. The molecule has 1 rings (SSSR count). The lowest BCUT2D eigenvalue weighted by atomic mass is 10.3. The van der Waals surface area contributed by atoms with E-state index in [9.17, 15) is 14.4 Å². The van der Waals surface area contributed by atoms with Crippen molar-refractivity contribution in [1.29, 1.82) is 0 Å². The van der Waals surface area contributed by atoms with Crippen molar-refractivity contribution in [2.75, 3.05) is 20.2 Å². The number of esters is 1. The van der Waals surface area contributed by atoms with Crippen LogP contribution in [-0.4, -0.2) is 54.2 Å². The lowest BCUT2D eigenvalue weighted by Gasteiger charge is -2.15. The fraction of sp³-hybridized carbons (Fsp3) is 0.571. The van der Waals surface area contributed by atoms with Crippen LogP contribution in [0.15, 0.2) is 0 Å². The summed E-state index contributed by atoms with van der Waals surface area (Å²) in [5.41, 5.74) is 0. The van der Waals surface area contributed by atoms with Crippen LogP contribution in [0.25, 0.3) is 0 Å². The molecule has 3 amide bonds. The van der Waals surface area contributed by atoms with Gasteiger partial charge in [0.25, 0.3) is 0 Å². The summed E-state index contributed by atoms with van der Waals surface area (Å²) in [6.07, 6.45) is -1.49. The topological polar surface area (TPSA) is 95.9 Å². The quantitative estimate of drug-likeness (QED) is 0.410. The molecule has 0 aromatic rings. The highest BCUT2D eigenvalue weighted by molar-refractivity contribution is 6.02. The molecule has 7 nitrogen and oxygen atoms in total. The SMILES string of the molecule is COC(=O)C(O)CN1C(=O)CNC1=O. The molecule has 0 bridgehead atoms. The van der Waals surface area contributed by atoms with Gasteiger partial charge in [-0.2, -0.15) is 0 Å². The average Bonchev–Trinajstić information content (AvgIpc) is 2.48. The zero-order valence-corrected chi connectivity index (χ0v) is 7.52. The summed E-state index contributed by atoms with van der Waals surface area (Å²) in [5, 5.41) is 11.4. The van der Waals surface area contributed by atoms with Crippen LogP contribution in [0.4, 0.5) is 4.79 Å². The molecule has 0 saturated carbocycles. The van der Waals surface area contributed by atoms with Gasteiger partial charge in [-0.05, 0) is 0 Å². The van der Waals surface area contributed by atoms with Crippen LogP contribution in [0.1, 0.15) is 0 Å². The van der Waals surface area contributed by atoms with E-state index in [1.165, 1.54) is 0 Å². The number of carbonyl (C=O) groups excluding carboxylic acids is 3. The van der Waals surface area contributed by atoms with Gasteiger partial charge >= 0.3 is 12.0 Å². The molecule has 1 atom stereocenters. The minimum absolute atomic E-state index is 0.104. The summed E-state index contributed by atoms with van der Waals surface area (Å²) in [7, 11) is 1.11. The molecule has 1 unspecified atom stereocenters. The van der Waals surface area contributed by atoms with Gasteiger partial charge in [0.15, 0.2) is 6.10 Å². The van der Waals surface area contributed by atoms with Crippen LogP contribution >= 0.6 is 0 Å². The molecule has 1 aliphatic heterocycles. The van der Waals surface area contributed by atoms with Crippen molar-refractivity contribution >= 4 is 17.9 Å². The molecule has 78 valence electrons. The molecule has 1 heterocycles. The predicted molar refractivity (Wildman–Crippen MR) is 43.1 cm³/mol. The van der Waals surface area contributed by atoms with Crippen LogP contribution < -0.4 is 5.32 Å². The van der Waals surface area contributed by atoms with Crippen molar-refractivity contribution in [3.8, 4) is 0 Å². The van der Waals surface area contributed by atoms with Crippen molar-refractivity contribution < 1.29 is 24.2 Å². The second kappa shape index (κ2) is 4.05. The van der Waals surface area contributed by atoms with Gasteiger partial charge in [-0.25, -0.2) is 9.59 Å². The first-order chi connectivity index (χ1) is 6.56. The molecule has 1 fully saturated rings. The molecule has 1 aliphatic rings. The molecule has 7 heteroatoms. The third kappa shape index (κ3) is 1.99. The Morgan fingerprint density at radius 3 is 2.79 bits per heavy atom. The molecule has 1 saturated heterocycles. The number of hydrogen-bond acceptors (Lipinski definition) is 5. The average molecular weight is 202 g/mol. The number of aliphatic hydroxyl groups is 1. The summed E-state index contributed by atoms with van der Waals surface area (Å²) in [4.78, 5) is 33.5. The second-order valence-corrected chi connectivity index (χ2v) is 2.70. The Labute approximate surface area is 79.6 Å². The summed E-state index contributed by atoms with van der Waals surface area (Å²) >= 11 is 0. The molecule has 0 aromatic carbocycles. The molecule has 0 aromatic heterocycles. The molecule has 0 radical (unpaired) electrons. The van der Waals surface area contributed by atoms with Crippen molar-refractivity contribution in [3.05, 3.63) is 0 Å². The highest BCUT2D eigenvalue weighted by atomic mass is 16.5. The number of carbonyl (C=O) groups is 3. The fourth-order valence-electron chi connectivity index (χ4n) is 1.02. The molecule has 14 heavy (non-hydrogen) atoms. The van der Waals surface area contributed by atoms with Crippen LogP contribution in [0, 0.1) is 0 Å². The number of nitrogens with zero attached hydrogens (tertiary/aromatic N) is 1. The summed E-state index contributed by atoms with van der Waals surface area (Å²) in [6, 6.07) is -0.613. The number of rotatable bonds is 3. The second-order valence-electron chi connectivity index (χ2n) is 2.70. The number of nitrogens with one attached hydrogen (secondary N) is 1. The van der Waals surface area contributed by atoms with E-state index in [-0.39, 0.29) is 13.1 Å². The number of methoxy groups -OCH3 is 1. The zero-order chi connectivity index (χ0) is 10.7. The predicted octanol–water partition coefficient (Wildman–Crippen LogP) is -1.93. The Bertz CT molecular complexity index is 261. The highest BCUT2D eigenvalue weighted by Gasteiger charge is 2.32. The molecular weight excluding hydrogens is 192 g/mol. The first-order valence-corrected chi connectivity index (χ1v) is 3.90. The molecule has 2 N–H and O–H groups in total. The minimum atomic E-state index is -1.49. The largest absolute Gasteiger partial charge is 0.467 e. The minimum Gasteiger partial charge on any atom is -0.467 e. The Morgan fingerprint density at radius 1 is 1.71 bits per heavy atom. The first-order valence-electron chi connectivity index (χ1n) is 3.90. The summed E-state index contributed by atoms with van der Waals surface area (Å²) in [5.74, 6) is -1.35. The Hall–Kier alpha value is -1.63. The number of imide groups is 1. The van der Waals surface area contributed by atoms with Crippen LogP contribution in [0.3, 0.4) is 0 Å². The Balaban J connectivity index is 2.55. The number of ether oxygens (including phenoxy) is 1. The Morgan fingerprint density at radius 2 is 2.36 bits per heavy atom. The number of amides is 3. The summed E-state index contributed by atoms with van der Waals surface area (Å²) < 4.78 is 4.23. The van der Waals surface area contributed by atoms with Gasteiger partial charge in [0.05, 0.1) is 20.2 Å². The van der Waals surface area contributed by atoms with E-state index in [1.807, 2.05) is 0 Å². The molecule has 0 spiro atoms. The van der Waals surface area contributed by atoms with Crippen molar-refractivity contribution in [2.24, 2.45) is 0 Å². The lowest BCUT2D eigenvalue weighted by Crippen LogP contribution is -2.41. The molecular formula is C7H10N2O5. The summed E-state index contributed by atoms with van der Waals surface area (Å²) in [6.45, 7) is -0.482. The fourth-order valence-corrected chi connectivity index (χ4v) is 1.02. The van der Waals surface area contributed by atoms with E-state index < -0.39 is 24.0 Å². The van der Waals surface area contributed by atoms with E-state index in [0.29, 0.717) is 0 Å². The number of urea groups is 1. The van der Waals surface area contributed by atoms with Crippen LogP contribution in [-0.2, 0) is 14.3 Å². The van der Waals surface area contributed by atoms with Crippen LogP contribution in [0.2, 0.25) is 0 Å². The van der Waals surface area contributed by atoms with Gasteiger partial charge in [0.2, 0.25) is 5.91 Å². The maximum absolute atomic E-state index is 11.0. The van der Waals surface area contributed by atoms with Gasteiger partial charge in [-0.15, -0.1) is 0 Å².